The molecule has 1 saturated heterocycles. The molecule has 12 heteroatoms. The number of likely N-dealkylation sites (tertiary alicyclic amines) is 1. The van der Waals surface area contributed by atoms with E-state index >= 15 is 0 Å². The highest BCUT2D eigenvalue weighted by molar-refractivity contribution is 7.89. The zero-order chi connectivity index (χ0) is 20.6. The summed E-state index contributed by atoms with van der Waals surface area (Å²) in [7, 11) is -3.78. The maximum absolute atomic E-state index is 11.4. The molecule has 0 radical (unpaired) electrons. The second-order valence-corrected chi connectivity index (χ2v) is 8.19. The summed E-state index contributed by atoms with van der Waals surface area (Å²) < 4.78 is 30.3. The number of nitrogens with zero attached hydrogens (tertiary/aromatic N) is 5. The maximum Gasteiger partial charge on any atom is 0.407 e. The molecule has 3 aromatic rings. The molecule has 29 heavy (non-hydrogen) atoms. The Bertz CT molecular complexity index is 1150. The van der Waals surface area contributed by atoms with Crippen LogP contribution in [0.3, 0.4) is 0 Å². The van der Waals surface area contributed by atoms with Crippen molar-refractivity contribution in [3.05, 3.63) is 36.8 Å². The van der Waals surface area contributed by atoms with E-state index in [0.29, 0.717) is 42.7 Å². The first kappa shape index (κ1) is 19.1. The number of nitrogens with two attached hydrogens (primary N) is 1. The van der Waals surface area contributed by atoms with E-state index in [1.807, 2.05) is 0 Å². The van der Waals surface area contributed by atoms with Crippen molar-refractivity contribution in [1.29, 1.82) is 0 Å². The second-order valence-electron chi connectivity index (χ2n) is 6.62. The summed E-state index contributed by atoms with van der Waals surface area (Å²) in [4.78, 5) is 20.9. The fourth-order valence-electron chi connectivity index (χ4n) is 3.30. The number of fused-ring (bicyclic) bond motifs is 1. The van der Waals surface area contributed by atoms with Crippen molar-refractivity contribution in [1.82, 2.24) is 24.6 Å². The monoisotopic (exact) mass is 418 g/mol. The summed E-state index contributed by atoms with van der Waals surface area (Å²) in [6, 6.07) is 5.70. The van der Waals surface area contributed by atoms with E-state index in [1.54, 1.807) is 10.9 Å². The van der Waals surface area contributed by atoms with Crippen LogP contribution in [0, 0.1) is 0 Å². The SMILES string of the molecule is NS(=O)(=O)c1ccc(Oc2ncnc3c2cnn3C2CCN(C(=O)O)CC2)cc1. The van der Waals surface area contributed by atoms with Gasteiger partial charge in [-0.05, 0) is 37.1 Å². The molecule has 1 aliphatic rings. The van der Waals surface area contributed by atoms with Gasteiger partial charge in [-0.15, -0.1) is 0 Å². The molecule has 0 saturated carbocycles. The number of aromatic nitrogens is 4. The Hall–Kier alpha value is -3.25. The van der Waals surface area contributed by atoms with Gasteiger partial charge in [-0.2, -0.15) is 5.10 Å². The first-order valence-electron chi connectivity index (χ1n) is 8.80. The van der Waals surface area contributed by atoms with Crippen LogP contribution in [-0.2, 0) is 10.0 Å². The van der Waals surface area contributed by atoms with E-state index in [2.05, 4.69) is 15.1 Å². The topological polar surface area (TPSA) is 154 Å². The van der Waals surface area contributed by atoms with E-state index < -0.39 is 16.1 Å². The minimum Gasteiger partial charge on any atom is -0.465 e. The van der Waals surface area contributed by atoms with Gasteiger partial charge >= 0.3 is 6.09 Å². The highest BCUT2D eigenvalue weighted by Crippen LogP contribution is 2.30. The highest BCUT2D eigenvalue weighted by atomic mass is 32.2. The van der Waals surface area contributed by atoms with Gasteiger partial charge < -0.3 is 14.7 Å². The molecule has 1 aromatic carbocycles. The molecular formula is C17H18N6O5S. The molecular weight excluding hydrogens is 400 g/mol. The lowest BCUT2D eigenvalue weighted by Gasteiger charge is -2.30. The van der Waals surface area contributed by atoms with Gasteiger partial charge in [0.1, 0.15) is 17.5 Å². The molecule has 0 unspecified atom stereocenters. The number of sulfonamides is 1. The van der Waals surface area contributed by atoms with Crippen LogP contribution in [0.4, 0.5) is 4.79 Å². The zero-order valence-corrected chi connectivity index (χ0v) is 16.0. The molecule has 1 aliphatic heterocycles. The summed E-state index contributed by atoms with van der Waals surface area (Å²) in [6.07, 6.45) is 3.32. The summed E-state index contributed by atoms with van der Waals surface area (Å²) in [5, 5.41) is 19.2. The largest absolute Gasteiger partial charge is 0.465 e. The molecule has 0 bridgehead atoms. The molecule has 1 amide bonds. The molecule has 2 aromatic heterocycles. The van der Waals surface area contributed by atoms with E-state index in [0.717, 1.165) is 0 Å². The predicted molar refractivity (Wildman–Crippen MR) is 101 cm³/mol. The average molecular weight is 418 g/mol. The molecule has 0 spiro atoms. The molecule has 4 rings (SSSR count). The number of carboxylic acid groups (broad SMARTS) is 1. The van der Waals surface area contributed by atoms with Gasteiger partial charge in [0, 0.05) is 13.1 Å². The molecule has 3 N–H and O–H groups in total. The van der Waals surface area contributed by atoms with Gasteiger partial charge in [-0.25, -0.2) is 33.0 Å². The highest BCUT2D eigenvalue weighted by Gasteiger charge is 2.26. The minimum absolute atomic E-state index is 0.0155. The number of hydrogen-bond donors (Lipinski definition) is 2. The number of hydrogen-bond acceptors (Lipinski definition) is 7. The number of rotatable bonds is 4. The quantitative estimate of drug-likeness (QED) is 0.647. The Morgan fingerprint density at radius 2 is 1.86 bits per heavy atom. The molecule has 1 fully saturated rings. The number of ether oxygens (including phenoxy) is 1. The van der Waals surface area contributed by atoms with Crippen molar-refractivity contribution in [2.45, 2.75) is 23.8 Å². The van der Waals surface area contributed by atoms with Gasteiger partial charge in [0.2, 0.25) is 15.9 Å². The lowest BCUT2D eigenvalue weighted by molar-refractivity contribution is 0.124. The third-order valence-electron chi connectivity index (χ3n) is 4.80. The van der Waals surface area contributed by atoms with E-state index in [4.69, 9.17) is 15.0 Å². The van der Waals surface area contributed by atoms with E-state index in [-0.39, 0.29) is 16.8 Å². The Morgan fingerprint density at radius 1 is 1.17 bits per heavy atom. The average Bonchev–Trinajstić information content (AvgIpc) is 3.13. The lowest BCUT2D eigenvalue weighted by atomic mass is 10.1. The minimum atomic E-state index is -3.78. The van der Waals surface area contributed by atoms with E-state index in [9.17, 15) is 13.2 Å². The Labute approximate surface area is 165 Å². The van der Waals surface area contributed by atoms with Crippen molar-refractivity contribution in [3.63, 3.8) is 0 Å². The summed E-state index contributed by atoms with van der Waals surface area (Å²) in [6.45, 7) is 0.873. The maximum atomic E-state index is 11.4. The van der Waals surface area contributed by atoms with Crippen LogP contribution >= 0.6 is 0 Å². The Balaban J connectivity index is 1.57. The molecule has 152 valence electrons. The van der Waals surface area contributed by atoms with Crippen molar-refractivity contribution in [3.8, 4) is 11.6 Å². The van der Waals surface area contributed by atoms with Crippen LogP contribution in [-0.4, -0.2) is 57.4 Å². The zero-order valence-electron chi connectivity index (χ0n) is 15.2. The standard InChI is InChI=1S/C17H18N6O5S/c18-29(26,27)13-3-1-12(2-4-13)28-16-14-9-21-23(15(14)19-10-20-16)11-5-7-22(8-6-11)17(24)25/h1-4,9-11H,5-8H2,(H,24,25)(H2,18,26,27). The van der Waals surface area contributed by atoms with Gasteiger partial charge in [-0.1, -0.05) is 0 Å². The van der Waals surface area contributed by atoms with Crippen LogP contribution in [0.25, 0.3) is 11.0 Å². The van der Waals surface area contributed by atoms with Crippen molar-refractivity contribution in [2.75, 3.05) is 13.1 Å². The Kier molecular flexibility index (Phi) is 4.80. The number of primary sulfonamides is 1. The fourth-order valence-corrected chi connectivity index (χ4v) is 3.82. The molecule has 0 aliphatic carbocycles. The van der Waals surface area contributed by atoms with Crippen LogP contribution in [0.2, 0.25) is 0 Å². The number of piperidine rings is 1. The lowest BCUT2D eigenvalue weighted by Crippen LogP contribution is -2.38. The van der Waals surface area contributed by atoms with Crippen LogP contribution in [0.15, 0.2) is 41.7 Å². The van der Waals surface area contributed by atoms with Crippen LogP contribution < -0.4 is 9.88 Å². The number of carbonyl (C=O) groups is 1. The van der Waals surface area contributed by atoms with Crippen molar-refractivity contribution in [2.24, 2.45) is 5.14 Å². The van der Waals surface area contributed by atoms with Gasteiger partial charge in [0.15, 0.2) is 5.65 Å². The molecule has 3 heterocycles. The summed E-state index contributed by atoms with van der Waals surface area (Å²) >= 11 is 0. The number of benzene rings is 1. The van der Waals surface area contributed by atoms with Gasteiger partial charge in [-0.3, -0.25) is 0 Å². The summed E-state index contributed by atoms with van der Waals surface area (Å²) in [5.74, 6) is 0.674. The van der Waals surface area contributed by atoms with Crippen LogP contribution in [0.1, 0.15) is 18.9 Å². The van der Waals surface area contributed by atoms with E-state index in [1.165, 1.54) is 35.5 Å². The van der Waals surface area contributed by atoms with Gasteiger partial charge in [0.25, 0.3) is 0 Å². The smallest absolute Gasteiger partial charge is 0.407 e. The fraction of sp³-hybridized carbons (Fsp3) is 0.294. The van der Waals surface area contributed by atoms with Crippen LogP contribution in [0.5, 0.6) is 11.6 Å². The second kappa shape index (κ2) is 7.29. The Morgan fingerprint density at radius 3 is 2.48 bits per heavy atom. The first-order valence-corrected chi connectivity index (χ1v) is 10.3. The molecule has 0 atom stereocenters. The van der Waals surface area contributed by atoms with Crippen molar-refractivity contribution >= 4 is 27.1 Å². The van der Waals surface area contributed by atoms with Crippen molar-refractivity contribution < 1.29 is 23.1 Å². The van der Waals surface area contributed by atoms with Gasteiger partial charge in [0.05, 0.1) is 17.1 Å². The third kappa shape index (κ3) is 3.84. The summed E-state index contributed by atoms with van der Waals surface area (Å²) in [5.41, 5.74) is 0.588. The first-order chi connectivity index (χ1) is 13.8. The molecule has 11 nitrogen and oxygen atoms in total. The normalized spacial score (nSPS) is 15.6. The predicted octanol–water partition coefficient (Wildman–Crippen LogP) is 1.58. The number of amides is 1. The third-order valence-corrected chi connectivity index (χ3v) is 5.73.